The average Bonchev–Trinajstić information content (AvgIpc) is 2.68. The van der Waals surface area contributed by atoms with Crippen LogP contribution in [0.3, 0.4) is 0 Å². The van der Waals surface area contributed by atoms with Crippen LogP contribution in [-0.4, -0.2) is 20.7 Å². The molecule has 0 atom stereocenters. The van der Waals surface area contributed by atoms with Gasteiger partial charge in [-0.3, -0.25) is 9.48 Å². The molecule has 0 fully saturated rings. The lowest BCUT2D eigenvalue weighted by molar-refractivity contribution is 0.102. The summed E-state index contributed by atoms with van der Waals surface area (Å²) < 4.78 is 1.55. The Morgan fingerprint density at radius 2 is 2.31 bits per heavy atom. The summed E-state index contributed by atoms with van der Waals surface area (Å²) in [6.07, 6.45) is 3.24. The Hall–Kier alpha value is -1.88. The first kappa shape index (κ1) is 10.6. The van der Waals surface area contributed by atoms with Gasteiger partial charge in [-0.05, 0) is 18.2 Å². The third-order valence-corrected chi connectivity index (χ3v) is 2.24. The summed E-state index contributed by atoms with van der Waals surface area (Å²) >= 11 is 5.86. The van der Waals surface area contributed by atoms with Crippen LogP contribution in [-0.2, 0) is 7.05 Å². The number of hydrogen-bond acceptors (Lipinski definition) is 3. The monoisotopic (exact) mass is 236 g/mol. The van der Waals surface area contributed by atoms with Crippen molar-refractivity contribution in [3.05, 3.63) is 41.3 Å². The molecule has 0 saturated carbocycles. The second-order valence-electron chi connectivity index (χ2n) is 3.16. The molecule has 5 nitrogen and oxygen atoms in total. The van der Waals surface area contributed by atoms with Crippen molar-refractivity contribution in [2.24, 2.45) is 7.05 Å². The highest BCUT2D eigenvalue weighted by Gasteiger charge is 2.11. The van der Waals surface area contributed by atoms with E-state index < -0.39 is 0 Å². The smallest absolute Gasteiger partial charge is 0.277 e. The van der Waals surface area contributed by atoms with Crippen molar-refractivity contribution in [2.45, 2.75) is 0 Å². The predicted octanol–water partition coefficient (Wildman–Crippen LogP) is 1.72. The van der Waals surface area contributed by atoms with Gasteiger partial charge in [0.15, 0.2) is 11.5 Å². The highest BCUT2D eigenvalue weighted by Crippen LogP contribution is 2.17. The minimum absolute atomic E-state index is 0.323. The number of nitrogens with one attached hydrogen (secondary N) is 1. The predicted molar refractivity (Wildman–Crippen MR) is 60.4 cm³/mol. The zero-order valence-electron chi connectivity index (χ0n) is 8.51. The number of halogens is 1. The minimum atomic E-state index is -0.332. The molecule has 1 amide bonds. The normalized spacial score (nSPS) is 10.1. The molecule has 0 saturated heterocycles. The van der Waals surface area contributed by atoms with Gasteiger partial charge >= 0.3 is 0 Å². The number of hydrogen-bond donors (Lipinski definition) is 1. The molecular weight excluding hydrogens is 228 g/mol. The van der Waals surface area contributed by atoms with Crippen LogP contribution in [0.2, 0.25) is 5.02 Å². The molecule has 0 spiro atoms. The van der Waals surface area contributed by atoms with E-state index in [0.717, 1.165) is 0 Å². The number of aryl methyl sites for hydroxylation is 1. The third kappa shape index (κ3) is 2.20. The lowest BCUT2D eigenvalue weighted by Gasteiger charge is -2.03. The van der Waals surface area contributed by atoms with Crippen molar-refractivity contribution >= 4 is 23.3 Å². The summed E-state index contributed by atoms with van der Waals surface area (Å²) in [5.41, 5.74) is 0.323. The summed E-state index contributed by atoms with van der Waals surface area (Å²) in [6, 6.07) is 4.97. The van der Waals surface area contributed by atoms with E-state index >= 15 is 0 Å². The Labute approximate surface area is 97.1 Å². The fraction of sp³-hybridized carbons (Fsp3) is 0.100. The molecule has 0 aromatic carbocycles. The largest absolute Gasteiger partial charge is 0.304 e. The molecule has 82 valence electrons. The lowest BCUT2D eigenvalue weighted by Crippen LogP contribution is -2.14. The van der Waals surface area contributed by atoms with Gasteiger partial charge in [0.2, 0.25) is 0 Å². The van der Waals surface area contributed by atoms with Crippen LogP contribution in [0, 0.1) is 0 Å². The molecule has 2 aromatic heterocycles. The van der Waals surface area contributed by atoms with Gasteiger partial charge in [0.05, 0.1) is 5.02 Å². The highest BCUT2D eigenvalue weighted by molar-refractivity contribution is 6.33. The number of rotatable bonds is 2. The Morgan fingerprint density at radius 1 is 1.50 bits per heavy atom. The van der Waals surface area contributed by atoms with Crippen LogP contribution in [0.5, 0.6) is 0 Å². The summed E-state index contributed by atoms with van der Waals surface area (Å²) in [5.74, 6) is 0.000944. The van der Waals surface area contributed by atoms with Crippen molar-refractivity contribution < 1.29 is 4.79 Å². The third-order valence-electron chi connectivity index (χ3n) is 1.94. The van der Waals surface area contributed by atoms with E-state index in [9.17, 15) is 4.79 Å². The van der Waals surface area contributed by atoms with Crippen LogP contribution >= 0.6 is 11.6 Å². The number of anilines is 1. The topological polar surface area (TPSA) is 59.8 Å². The molecule has 2 aromatic rings. The summed E-state index contributed by atoms with van der Waals surface area (Å²) in [7, 11) is 1.74. The average molecular weight is 237 g/mol. The molecule has 0 aliphatic heterocycles. The van der Waals surface area contributed by atoms with E-state index in [1.807, 2.05) is 0 Å². The molecule has 0 aliphatic carbocycles. The van der Waals surface area contributed by atoms with Crippen LogP contribution < -0.4 is 5.32 Å². The van der Waals surface area contributed by atoms with Gasteiger partial charge in [0.25, 0.3) is 5.91 Å². The molecule has 2 heterocycles. The highest BCUT2D eigenvalue weighted by atomic mass is 35.5. The molecule has 0 aliphatic rings. The van der Waals surface area contributed by atoms with Gasteiger partial charge in [0.1, 0.15) is 0 Å². The molecule has 16 heavy (non-hydrogen) atoms. The van der Waals surface area contributed by atoms with E-state index in [1.54, 1.807) is 42.3 Å². The van der Waals surface area contributed by atoms with Crippen molar-refractivity contribution in [1.82, 2.24) is 14.8 Å². The number of aromatic nitrogens is 3. The van der Waals surface area contributed by atoms with Crippen LogP contribution in [0.4, 0.5) is 5.82 Å². The second-order valence-corrected chi connectivity index (χ2v) is 3.57. The molecule has 0 bridgehead atoms. The number of carbonyl (C=O) groups is 1. The van der Waals surface area contributed by atoms with E-state index in [1.165, 1.54) is 0 Å². The first-order valence-corrected chi connectivity index (χ1v) is 4.96. The Bertz CT molecular complexity index is 523. The number of nitrogens with zero attached hydrogens (tertiary/aromatic N) is 3. The maximum atomic E-state index is 11.7. The Balaban J connectivity index is 2.17. The quantitative estimate of drug-likeness (QED) is 0.864. The van der Waals surface area contributed by atoms with E-state index in [0.29, 0.717) is 16.5 Å². The molecule has 1 N–H and O–H groups in total. The van der Waals surface area contributed by atoms with Crippen molar-refractivity contribution in [3.8, 4) is 0 Å². The minimum Gasteiger partial charge on any atom is -0.304 e. The van der Waals surface area contributed by atoms with Gasteiger partial charge in [0, 0.05) is 19.4 Å². The molecule has 2 rings (SSSR count). The fourth-order valence-electron chi connectivity index (χ4n) is 1.19. The Morgan fingerprint density at radius 3 is 2.94 bits per heavy atom. The van der Waals surface area contributed by atoms with Crippen molar-refractivity contribution in [2.75, 3.05) is 5.32 Å². The zero-order chi connectivity index (χ0) is 11.5. The molecule has 0 radical (unpaired) electrons. The first-order valence-electron chi connectivity index (χ1n) is 4.58. The second kappa shape index (κ2) is 4.32. The van der Waals surface area contributed by atoms with E-state index in [-0.39, 0.29) is 5.91 Å². The number of pyridine rings is 1. The number of carbonyl (C=O) groups excluding carboxylic acids is 1. The fourth-order valence-corrected chi connectivity index (χ4v) is 1.35. The maximum absolute atomic E-state index is 11.7. The summed E-state index contributed by atoms with van der Waals surface area (Å²) in [4.78, 5) is 15.6. The van der Waals surface area contributed by atoms with Gasteiger partial charge < -0.3 is 5.32 Å². The van der Waals surface area contributed by atoms with Crippen LogP contribution in [0.1, 0.15) is 10.5 Å². The molecule has 6 heteroatoms. The lowest BCUT2D eigenvalue weighted by atomic mass is 10.4. The molecular formula is C10H9ClN4O. The van der Waals surface area contributed by atoms with Crippen molar-refractivity contribution in [3.63, 3.8) is 0 Å². The Kier molecular flexibility index (Phi) is 2.87. The standard InChI is InChI=1S/C10H9ClN4O/c1-15-6-4-8(14-15)10(16)13-9-7(11)3-2-5-12-9/h2-6H,1H3,(H,12,13,16). The summed E-state index contributed by atoms with van der Waals surface area (Å²) in [6.45, 7) is 0. The van der Waals surface area contributed by atoms with Crippen molar-refractivity contribution in [1.29, 1.82) is 0 Å². The van der Waals surface area contributed by atoms with E-state index in [4.69, 9.17) is 11.6 Å². The van der Waals surface area contributed by atoms with Gasteiger partial charge in [-0.25, -0.2) is 4.98 Å². The van der Waals surface area contributed by atoms with Crippen LogP contribution in [0.25, 0.3) is 0 Å². The summed E-state index contributed by atoms with van der Waals surface area (Å²) in [5, 5.41) is 6.95. The van der Waals surface area contributed by atoms with Gasteiger partial charge in [-0.15, -0.1) is 0 Å². The van der Waals surface area contributed by atoms with E-state index in [2.05, 4.69) is 15.4 Å². The first-order chi connectivity index (χ1) is 7.66. The van der Waals surface area contributed by atoms with Crippen LogP contribution in [0.15, 0.2) is 30.6 Å². The van der Waals surface area contributed by atoms with Gasteiger partial charge in [-0.1, -0.05) is 11.6 Å². The SMILES string of the molecule is Cn1ccc(C(=O)Nc2ncccc2Cl)n1. The number of amides is 1. The zero-order valence-corrected chi connectivity index (χ0v) is 9.27. The molecule has 0 unspecified atom stereocenters. The maximum Gasteiger partial charge on any atom is 0.277 e. The van der Waals surface area contributed by atoms with Gasteiger partial charge in [-0.2, -0.15) is 5.10 Å².